The summed E-state index contributed by atoms with van der Waals surface area (Å²) in [5.74, 6) is -0.454. The number of amides is 3. The van der Waals surface area contributed by atoms with Gasteiger partial charge in [0.15, 0.2) is 0 Å². The van der Waals surface area contributed by atoms with E-state index >= 15 is 0 Å². The molecule has 1 heterocycles. The molecule has 0 bridgehead atoms. The van der Waals surface area contributed by atoms with E-state index in [2.05, 4.69) is 20.9 Å². The normalized spacial score (nSPS) is 10.5. The lowest BCUT2D eigenvalue weighted by Crippen LogP contribution is -2.19. The van der Waals surface area contributed by atoms with Gasteiger partial charge in [-0.2, -0.15) is 0 Å². The highest BCUT2D eigenvalue weighted by Gasteiger charge is 2.17. The van der Waals surface area contributed by atoms with Crippen LogP contribution in [0.15, 0.2) is 79.0 Å². The van der Waals surface area contributed by atoms with Gasteiger partial charge in [-0.1, -0.05) is 59.6 Å². The Balaban J connectivity index is 1.61. The number of nitrogens with one attached hydrogen (secondary N) is 3. The van der Waals surface area contributed by atoms with Gasteiger partial charge in [-0.15, -0.1) is 0 Å². The molecule has 3 N–H and O–H groups in total. The van der Waals surface area contributed by atoms with Crippen molar-refractivity contribution in [2.45, 2.75) is 0 Å². The fraction of sp³-hybridized carbons (Fsp3) is 0. The minimum atomic E-state index is -0.454. The predicted molar refractivity (Wildman–Crippen MR) is 125 cm³/mol. The molecule has 0 saturated heterocycles. The Bertz CT molecular complexity index is 1260. The van der Waals surface area contributed by atoms with E-state index in [1.165, 1.54) is 0 Å². The molecule has 31 heavy (non-hydrogen) atoms. The molecule has 0 aliphatic carbocycles. The number of urea groups is 1. The number of benzene rings is 3. The van der Waals surface area contributed by atoms with E-state index in [-0.39, 0.29) is 15.6 Å². The van der Waals surface area contributed by atoms with E-state index in [9.17, 15) is 9.59 Å². The van der Waals surface area contributed by atoms with Gasteiger partial charge in [-0.25, -0.2) is 4.79 Å². The number of rotatable bonds is 4. The highest BCUT2D eigenvalue weighted by Crippen LogP contribution is 2.30. The summed E-state index contributed by atoms with van der Waals surface area (Å²) >= 11 is 12.3. The zero-order valence-electron chi connectivity index (χ0n) is 16.0. The molecule has 3 aromatic carbocycles. The molecule has 0 saturated carbocycles. The Labute approximate surface area is 188 Å². The average Bonchev–Trinajstić information content (AvgIpc) is 2.75. The minimum Gasteiger partial charge on any atom is -0.320 e. The fourth-order valence-electron chi connectivity index (χ4n) is 3.09. The van der Waals surface area contributed by atoms with Gasteiger partial charge >= 0.3 is 6.03 Å². The van der Waals surface area contributed by atoms with E-state index < -0.39 is 11.9 Å². The van der Waals surface area contributed by atoms with Crippen molar-refractivity contribution in [2.75, 3.05) is 16.0 Å². The van der Waals surface area contributed by atoms with Gasteiger partial charge in [0.05, 0.1) is 32.5 Å². The maximum Gasteiger partial charge on any atom is 0.323 e. The molecule has 6 nitrogen and oxygen atoms in total. The molecular weight excluding hydrogens is 435 g/mol. The van der Waals surface area contributed by atoms with Gasteiger partial charge in [0.25, 0.3) is 5.91 Å². The minimum absolute atomic E-state index is 0.180. The molecule has 8 heteroatoms. The van der Waals surface area contributed by atoms with Gasteiger partial charge in [-0.3, -0.25) is 9.78 Å². The lowest BCUT2D eigenvalue weighted by Gasteiger charge is -2.13. The Kier molecular flexibility index (Phi) is 6.02. The summed E-state index contributed by atoms with van der Waals surface area (Å²) < 4.78 is 0. The monoisotopic (exact) mass is 450 g/mol. The highest BCUT2D eigenvalue weighted by molar-refractivity contribution is 6.40. The lowest BCUT2D eigenvalue weighted by molar-refractivity contribution is 0.102. The van der Waals surface area contributed by atoms with Gasteiger partial charge in [0.1, 0.15) is 0 Å². The summed E-state index contributed by atoms with van der Waals surface area (Å²) in [7, 11) is 0. The van der Waals surface area contributed by atoms with Crippen LogP contribution >= 0.6 is 23.2 Å². The quantitative estimate of drug-likeness (QED) is 0.334. The van der Waals surface area contributed by atoms with Gasteiger partial charge < -0.3 is 16.0 Å². The summed E-state index contributed by atoms with van der Waals surface area (Å²) in [6, 6.07) is 20.5. The molecule has 3 amide bonds. The van der Waals surface area contributed by atoms with Crippen molar-refractivity contribution < 1.29 is 9.59 Å². The molecular formula is C23H16Cl2N4O2. The molecule has 0 aliphatic heterocycles. The number of hydrogen-bond donors (Lipinski definition) is 3. The van der Waals surface area contributed by atoms with Crippen molar-refractivity contribution in [3.8, 4) is 0 Å². The van der Waals surface area contributed by atoms with Gasteiger partial charge in [0.2, 0.25) is 0 Å². The number of hydrogen-bond acceptors (Lipinski definition) is 3. The molecule has 0 unspecified atom stereocenters. The van der Waals surface area contributed by atoms with Crippen molar-refractivity contribution in [1.82, 2.24) is 4.98 Å². The van der Waals surface area contributed by atoms with Crippen molar-refractivity contribution in [3.63, 3.8) is 0 Å². The summed E-state index contributed by atoms with van der Waals surface area (Å²) in [5, 5.41) is 9.55. The van der Waals surface area contributed by atoms with Crippen LogP contribution in [0.25, 0.3) is 10.9 Å². The molecule has 0 fully saturated rings. The Hall–Kier alpha value is -3.61. The third-order valence-electron chi connectivity index (χ3n) is 4.49. The number of halogens is 2. The summed E-state index contributed by atoms with van der Waals surface area (Å²) in [6.45, 7) is 0. The van der Waals surface area contributed by atoms with E-state index in [1.807, 2.05) is 18.2 Å². The van der Waals surface area contributed by atoms with Crippen molar-refractivity contribution >= 4 is 63.1 Å². The molecule has 4 aromatic rings. The number of carbonyl (C=O) groups is 2. The van der Waals surface area contributed by atoms with Crippen molar-refractivity contribution in [2.24, 2.45) is 0 Å². The third kappa shape index (κ3) is 4.60. The Morgan fingerprint density at radius 2 is 1.42 bits per heavy atom. The number of nitrogens with zero attached hydrogens (tertiary/aromatic N) is 1. The fourth-order valence-corrected chi connectivity index (χ4v) is 3.66. The summed E-state index contributed by atoms with van der Waals surface area (Å²) in [6.07, 6.45) is 1.55. The van der Waals surface area contributed by atoms with Crippen LogP contribution in [-0.2, 0) is 0 Å². The van der Waals surface area contributed by atoms with Gasteiger partial charge in [0, 0.05) is 17.3 Å². The number of para-hydroxylation sites is 2. The average molecular weight is 451 g/mol. The molecule has 0 aliphatic rings. The zero-order chi connectivity index (χ0) is 21.8. The SMILES string of the molecule is O=C(Nc1ccccc1)Nc1ccnc2c(NC(=O)c3c(Cl)cccc3Cl)cccc12. The van der Waals surface area contributed by atoms with E-state index in [0.717, 1.165) is 0 Å². The predicted octanol–water partition coefficient (Wildman–Crippen LogP) is 6.44. The highest BCUT2D eigenvalue weighted by atomic mass is 35.5. The van der Waals surface area contributed by atoms with Crippen LogP contribution < -0.4 is 16.0 Å². The maximum absolute atomic E-state index is 12.8. The number of carbonyl (C=O) groups excluding carboxylic acids is 2. The first-order chi connectivity index (χ1) is 15.0. The first kappa shape index (κ1) is 20.7. The Morgan fingerprint density at radius 3 is 2.16 bits per heavy atom. The molecule has 1 aromatic heterocycles. The van der Waals surface area contributed by atoms with Crippen LogP contribution in [0.3, 0.4) is 0 Å². The topological polar surface area (TPSA) is 83.1 Å². The van der Waals surface area contributed by atoms with Crippen molar-refractivity contribution in [1.29, 1.82) is 0 Å². The molecule has 4 rings (SSSR count). The maximum atomic E-state index is 12.8. The number of aromatic nitrogens is 1. The second-order valence-corrected chi connectivity index (χ2v) is 7.37. The Morgan fingerprint density at radius 1 is 0.710 bits per heavy atom. The summed E-state index contributed by atoms with van der Waals surface area (Å²) in [4.78, 5) is 29.6. The number of fused-ring (bicyclic) bond motifs is 1. The van der Waals surface area contributed by atoms with Crippen LogP contribution in [-0.4, -0.2) is 16.9 Å². The smallest absolute Gasteiger partial charge is 0.320 e. The first-order valence-electron chi connectivity index (χ1n) is 9.29. The van der Waals surface area contributed by atoms with Crippen molar-refractivity contribution in [3.05, 3.63) is 94.6 Å². The first-order valence-corrected chi connectivity index (χ1v) is 10.0. The molecule has 0 atom stereocenters. The number of pyridine rings is 1. The van der Waals surface area contributed by atoms with E-state index in [1.54, 1.807) is 60.8 Å². The number of anilines is 3. The van der Waals surface area contributed by atoms with Crippen LogP contribution in [0.4, 0.5) is 21.9 Å². The van der Waals surface area contributed by atoms with Crippen LogP contribution in [0.1, 0.15) is 10.4 Å². The van der Waals surface area contributed by atoms with Gasteiger partial charge in [-0.05, 0) is 36.4 Å². The van der Waals surface area contributed by atoms with Crippen LogP contribution in [0.2, 0.25) is 10.0 Å². The second kappa shape index (κ2) is 9.04. The van der Waals surface area contributed by atoms with Crippen LogP contribution in [0, 0.1) is 0 Å². The molecule has 154 valence electrons. The van der Waals surface area contributed by atoms with Crippen LogP contribution in [0.5, 0.6) is 0 Å². The largest absolute Gasteiger partial charge is 0.323 e. The standard InChI is InChI=1S/C23H16Cl2N4O2/c24-16-9-5-10-17(25)20(16)22(30)28-19-11-4-8-15-18(12-13-26-21(15)19)29-23(31)27-14-6-2-1-3-7-14/h1-13H,(H,28,30)(H2,26,27,29,31). The zero-order valence-corrected chi connectivity index (χ0v) is 17.5. The lowest BCUT2D eigenvalue weighted by atomic mass is 10.1. The van der Waals surface area contributed by atoms with E-state index in [0.29, 0.717) is 28.0 Å². The molecule has 0 radical (unpaired) electrons. The molecule has 0 spiro atoms. The summed E-state index contributed by atoms with van der Waals surface area (Å²) in [5.41, 5.74) is 2.37. The van der Waals surface area contributed by atoms with E-state index in [4.69, 9.17) is 23.2 Å². The second-order valence-electron chi connectivity index (χ2n) is 6.56. The third-order valence-corrected chi connectivity index (χ3v) is 5.12.